The van der Waals surface area contributed by atoms with Crippen LogP contribution in [-0.2, 0) is 4.74 Å². The lowest BCUT2D eigenvalue weighted by Gasteiger charge is -2.38. The molecular formula is C19H33N5O. The second kappa shape index (κ2) is 8.14. The topological polar surface area (TPSA) is 46.4 Å². The van der Waals surface area contributed by atoms with Crippen LogP contribution in [0.5, 0.6) is 0 Å². The Morgan fingerprint density at radius 3 is 2.52 bits per heavy atom. The molecule has 0 radical (unpaired) electrons. The summed E-state index contributed by atoms with van der Waals surface area (Å²) in [5.74, 6) is 0.669. The van der Waals surface area contributed by atoms with Crippen molar-refractivity contribution >= 4 is 0 Å². The zero-order valence-electron chi connectivity index (χ0n) is 15.6. The minimum Gasteiger partial charge on any atom is -0.379 e. The summed E-state index contributed by atoms with van der Waals surface area (Å²) in [7, 11) is 0. The Bertz CT molecular complexity index is 528. The monoisotopic (exact) mass is 347 g/mol. The maximum absolute atomic E-state index is 5.46. The summed E-state index contributed by atoms with van der Waals surface area (Å²) in [6.07, 6.45) is 9.95. The first kappa shape index (κ1) is 17.4. The Kier molecular flexibility index (Phi) is 5.68. The molecule has 1 unspecified atom stereocenters. The highest BCUT2D eigenvalue weighted by atomic mass is 16.5. The number of ether oxygens (including phenoxy) is 1. The van der Waals surface area contributed by atoms with Gasteiger partial charge in [0.25, 0.3) is 0 Å². The van der Waals surface area contributed by atoms with Gasteiger partial charge in [0.1, 0.15) is 0 Å². The minimum atomic E-state index is 0.537. The maximum Gasteiger partial charge on any atom is 0.0858 e. The van der Waals surface area contributed by atoms with Gasteiger partial charge < -0.3 is 4.74 Å². The third kappa shape index (κ3) is 4.23. The lowest BCUT2D eigenvalue weighted by atomic mass is 10.0. The van der Waals surface area contributed by atoms with Gasteiger partial charge in [0.05, 0.1) is 24.9 Å². The summed E-state index contributed by atoms with van der Waals surface area (Å²) < 4.78 is 7.62. The number of morpholine rings is 1. The van der Waals surface area contributed by atoms with Gasteiger partial charge in [-0.05, 0) is 32.6 Å². The van der Waals surface area contributed by atoms with E-state index in [1.165, 1.54) is 63.9 Å². The van der Waals surface area contributed by atoms with E-state index in [1.807, 2.05) is 0 Å². The van der Waals surface area contributed by atoms with Crippen LogP contribution in [0, 0.1) is 0 Å². The molecule has 2 aliphatic heterocycles. The molecule has 1 aliphatic carbocycles. The van der Waals surface area contributed by atoms with Crippen molar-refractivity contribution in [1.29, 1.82) is 0 Å². The number of rotatable bonds is 5. The molecule has 3 aliphatic rings. The molecule has 6 heteroatoms. The lowest BCUT2D eigenvalue weighted by Crippen LogP contribution is -2.48. The molecule has 140 valence electrons. The summed E-state index contributed by atoms with van der Waals surface area (Å²) in [5, 5.41) is 8.96. The van der Waals surface area contributed by atoms with Crippen LogP contribution >= 0.6 is 0 Å². The Hall–Kier alpha value is -0.980. The minimum absolute atomic E-state index is 0.537. The number of piperidine rings is 1. The number of likely N-dealkylation sites (tertiary alicyclic amines) is 1. The van der Waals surface area contributed by atoms with E-state index in [9.17, 15) is 0 Å². The zero-order valence-corrected chi connectivity index (χ0v) is 15.6. The molecule has 2 saturated heterocycles. The van der Waals surface area contributed by atoms with Crippen molar-refractivity contribution in [2.45, 2.75) is 63.5 Å². The number of hydrogen-bond acceptors (Lipinski definition) is 5. The molecule has 1 atom stereocenters. The van der Waals surface area contributed by atoms with E-state index in [0.29, 0.717) is 18.0 Å². The SMILES string of the molecule is CC(CN1CCOCC1)N1CCC(n2cc(C3CCCC3)nn2)CC1. The largest absolute Gasteiger partial charge is 0.379 e. The van der Waals surface area contributed by atoms with Crippen molar-refractivity contribution in [3.05, 3.63) is 11.9 Å². The van der Waals surface area contributed by atoms with Gasteiger partial charge in [-0.25, -0.2) is 4.68 Å². The van der Waals surface area contributed by atoms with E-state index >= 15 is 0 Å². The molecule has 0 spiro atoms. The summed E-state index contributed by atoms with van der Waals surface area (Å²) in [4.78, 5) is 5.20. The molecule has 3 fully saturated rings. The van der Waals surface area contributed by atoms with Gasteiger partial charge in [-0.2, -0.15) is 0 Å². The van der Waals surface area contributed by atoms with Gasteiger partial charge in [-0.1, -0.05) is 18.1 Å². The molecule has 1 saturated carbocycles. The Morgan fingerprint density at radius 2 is 1.80 bits per heavy atom. The van der Waals surface area contributed by atoms with Crippen LogP contribution in [0.15, 0.2) is 6.20 Å². The number of hydrogen-bond donors (Lipinski definition) is 0. The second-order valence-electron chi connectivity index (χ2n) is 8.13. The fourth-order valence-electron chi connectivity index (χ4n) is 4.74. The maximum atomic E-state index is 5.46. The van der Waals surface area contributed by atoms with Gasteiger partial charge in [-0.15, -0.1) is 5.10 Å². The third-order valence-corrected chi connectivity index (χ3v) is 6.42. The van der Waals surface area contributed by atoms with Crippen LogP contribution in [0.2, 0.25) is 0 Å². The lowest BCUT2D eigenvalue weighted by molar-refractivity contribution is 0.0205. The van der Waals surface area contributed by atoms with E-state index < -0.39 is 0 Å². The zero-order chi connectivity index (χ0) is 17.1. The first-order valence-corrected chi connectivity index (χ1v) is 10.3. The normalized spacial score (nSPS) is 26.3. The van der Waals surface area contributed by atoms with Crippen LogP contribution < -0.4 is 0 Å². The molecular weight excluding hydrogens is 314 g/mol. The van der Waals surface area contributed by atoms with Crippen molar-refractivity contribution in [2.75, 3.05) is 45.9 Å². The van der Waals surface area contributed by atoms with Gasteiger partial charge in [0.2, 0.25) is 0 Å². The Morgan fingerprint density at radius 1 is 1.08 bits per heavy atom. The summed E-state index contributed by atoms with van der Waals surface area (Å²) >= 11 is 0. The Balaban J connectivity index is 1.26. The van der Waals surface area contributed by atoms with E-state index in [0.717, 1.165) is 26.3 Å². The summed E-state index contributed by atoms with van der Waals surface area (Å²) in [5.41, 5.74) is 1.24. The van der Waals surface area contributed by atoms with Crippen molar-refractivity contribution in [3.63, 3.8) is 0 Å². The van der Waals surface area contributed by atoms with Crippen molar-refractivity contribution in [1.82, 2.24) is 24.8 Å². The molecule has 25 heavy (non-hydrogen) atoms. The van der Waals surface area contributed by atoms with E-state index in [4.69, 9.17) is 4.74 Å². The third-order valence-electron chi connectivity index (χ3n) is 6.42. The quantitative estimate of drug-likeness (QED) is 0.818. The van der Waals surface area contributed by atoms with Gasteiger partial charge in [0.15, 0.2) is 0 Å². The smallest absolute Gasteiger partial charge is 0.0858 e. The standard InChI is InChI=1S/C19H33N5O/c1-16(14-22-10-12-25-13-11-22)23-8-6-18(7-9-23)24-15-19(20-21-24)17-4-2-3-5-17/h15-18H,2-14H2,1H3. The highest BCUT2D eigenvalue weighted by Crippen LogP contribution is 2.33. The van der Waals surface area contributed by atoms with Crippen LogP contribution in [0.3, 0.4) is 0 Å². The fourth-order valence-corrected chi connectivity index (χ4v) is 4.74. The molecule has 0 aromatic carbocycles. The average Bonchev–Trinajstić information content (AvgIpc) is 3.34. The summed E-state index contributed by atoms with van der Waals surface area (Å²) in [6, 6.07) is 1.17. The second-order valence-corrected chi connectivity index (χ2v) is 8.13. The van der Waals surface area contributed by atoms with Crippen LogP contribution in [-0.4, -0.2) is 76.8 Å². The van der Waals surface area contributed by atoms with Crippen molar-refractivity contribution in [2.24, 2.45) is 0 Å². The molecule has 0 amide bonds. The Labute approximate surface area is 151 Å². The van der Waals surface area contributed by atoms with Crippen molar-refractivity contribution < 1.29 is 4.74 Å². The molecule has 0 bridgehead atoms. The molecule has 6 nitrogen and oxygen atoms in total. The number of nitrogens with zero attached hydrogens (tertiary/aromatic N) is 5. The molecule has 3 heterocycles. The van der Waals surface area contributed by atoms with E-state index in [1.54, 1.807) is 0 Å². The summed E-state index contributed by atoms with van der Waals surface area (Å²) in [6.45, 7) is 9.86. The predicted molar refractivity (Wildman–Crippen MR) is 97.8 cm³/mol. The van der Waals surface area contributed by atoms with Gasteiger partial charge >= 0.3 is 0 Å². The first-order valence-electron chi connectivity index (χ1n) is 10.3. The molecule has 0 N–H and O–H groups in total. The highest BCUT2D eigenvalue weighted by Gasteiger charge is 2.27. The highest BCUT2D eigenvalue weighted by molar-refractivity contribution is 5.04. The van der Waals surface area contributed by atoms with Crippen LogP contribution in [0.1, 0.15) is 63.1 Å². The van der Waals surface area contributed by atoms with Gasteiger partial charge in [-0.3, -0.25) is 9.80 Å². The van der Waals surface area contributed by atoms with Gasteiger partial charge in [0, 0.05) is 50.9 Å². The van der Waals surface area contributed by atoms with Crippen molar-refractivity contribution in [3.8, 4) is 0 Å². The molecule has 1 aromatic heterocycles. The average molecular weight is 348 g/mol. The van der Waals surface area contributed by atoms with Crippen LogP contribution in [0.25, 0.3) is 0 Å². The van der Waals surface area contributed by atoms with E-state index in [-0.39, 0.29) is 0 Å². The fraction of sp³-hybridized carbons (Fsp3) is 0.895. The molecule has 4 rings (SSSR count). The van der Waals surface area contributed by atoms with Crippen LogP contribution in [0.4, 0.5) is 0 Å². The first-order chi connectivity index (χ1) is 12.3. The molecule has 1 aromatic rings. The predicted octanol–water partition coefficient (Wildman–Crippen LogP) is 2.29. The number of aromatic nitrogens is 3. The van der Waals surface area contributed by atoms with E-state index in [2.05, 4.69) is 37.9 Å².